The largest absolute Gasteiger partial charge is 0.378 e. The fourth-order valence-electron chi connectivity index (χ4n) is 3.05. The van der Waals surface area contributed by atoms with Crippen molar-refractivity contribution in [3.05, 3.63) is 81.6 Å². The number of benzene rings is 2. The van der Waals surface area contributed by atoms with Gasteiger partial charge in [-0.25, -0.2) is 0 Å². The Morgan fingerprint density at radius 1 is 0.688 bits per heavy atom. The molecule has 4 nitrogen and oxygen atoms in total. The summed E-state index contributed by atoms with van der Waals surface area (Å²) in [5.41, 5.74) is 4.29. The predicted octanol–water partition coefficient (Wildman–Crippen LogP) is 5.38. The molecule has 1 fully saturated rings. The molecule has 3 rings (SSSR count). The quantitative estimate of drug-likeness (QED) is 0.297. The van der Waals surface area contributed by atoms with Crippen LogP contribution in [-0.4, -0.2) is 51.3 Å². The molecule has 6 heteroatoms. The highest BCUT2D eigenvalue weighted by atomic mass is 32.2. The first-order chi connectivity index (χ1) is 15.3. The summed E-state index contributed by atoms with van der Waals surface area (Å²) in [4.78, 5) is 30.1. The van der Waals surface area contributed by atoms with E-state index >= 15 is 0 Å². The van der Waals surface area contributed by atoms with Gasteiger partial charge in [0.1, 0.15) is 0 Å². The molecule has 1 aliphatic heterocycles. The topological polar surface area (TPSA) is 40.6 Å². The van der Waals surface area contributed by atoms with E-state index in [-0.39, 0.29) is 17.1 Å². The zero-order chi connectivity index (χ0) is 23.1. The van der Waals surface area contributed by atoms with Crippen LogP contribution < -0.4 is 9.80 Å². The highest BCUT2D eigenvalue weighted by molar-refractivity contribution is 8.25. The highest BCUT2D eigenvalue weighted by Gasteiger charge is 2.23. The van der Waals surface area contributed by atoms with Crippen molar-refractivity contribution in [2.24, 2.45) is 0 Å². The van der Waals surface area contributed by atoms with E-state index in [0.29, 0.717) is 0 Å². The Kier molecular flexibility index (Phi) is 8.42. The Hall–Kier alpha value is -2.70. The molecule has 0 radical (unpaired) electrons. The van der Waals surface area contributed by atoms with Gasteiger partial charge in [0.25, 0.3) is 0 Å². The lowest BCUT2D eigenvalue weighted by Crippen LogP contribution is -2.10. The van der Waals surface area contributed by atoms with Crippen LogP contribution in [0.4, 0.5) is 11.4 Å². The summed E-state index contributed by atoms with van der Waals surface area (Å²) in [6, 6.07) is 15.9. The van der Waals surface area contributed by atoms with Crippen molar-refractivity contribution in [3.63, 3.8) is 0 Å². The van der Waals surface area contributed by atoms with Gasteiger partial charge in [0.05, 0.1) is 9.81 Å². The number of hydrogen-bond donors (Lipinski definition) is 0. The minimum absolute atomic E-state index is 0.254. The summed E-state index contributed by atoms with van der Waals surface area (Å²) >= 11 is 3.17. The fourth-order valence-corrected chi connectivity index (χ4v) is 5.62. The second-order valence-corrected chi connectivity index (χ2v) is 10.2. The van der Waals surface area contributed by atoms with Crippen LogP contribution in [0.3, 0.4) is 0 Å². The molecule has 0 spiro atoms. The van der Waals surface area contributed by atoms with Crippen molar-refractivity contribution >= 4 is 58.6 Å². The maximum absolute atomic E-state index is 13.0. The van der Waals surface area contributed by atoms with Crippen molar-refractivity contribution in [1.82, 2.24) is 0 Å². The number of carbonyl (C=O) groups excluding carboxylic acids is 2. The average Bonchev–Trinajstić information content (AvgIpc) is 3.31. The monoisotopic (exact) mass is 464 g/mol. The molecular formula is C26H28N2O2S2. The molecule has 1 aliphatic rings. The van der Waals surface area contributed by atoms with Crippen molar-refractivity contribution in [1.29, 1.82) is 0 Å². The first kappa shape index (κ1) is 24.0. The summed E-state index contributed by atoms with van der Waals surface area (Å²) in [6.45, 7) is 0. The van der Waals surface area contributed by atoms with E-state index in [1.54, 1.807) is 35.7 Å². The maximum atomic E-state index is 13.0. The van der Waals surface area contributed by atoms with Gasteiger partial charge in [0.15, 0.2) is 11.6 Å². The van der Waals surface area contributed by atoms with Gasteiger partial charge in [-0.1, -0.05) is 36.4 Å². The smallest absolute Gasteiger partial charge is 0.191 e. The number of hydrogen-bond acceptors (Lipinski definition) is 6. The van der Waals surface area contributed by atoms with Gasteiger partial charge in [0.2, 0.25) is 0 Å². The Bertz CT molecular complexity index is 967. The van der Waals surface area contributed by atoms with Crippen molar-refractivity contribution in [2.45, 2.75) is 0 Å². The van der Waals surface area contributed by atoms with E-state index in [1.807, 2.05) is 86.5 Å². The minimum Gasteiger partial charge on any atom is -0.378 e. The number of anilines is 2. The van der Waals surface area contributed by atoms with Crippen molar-refractivity contribution in [3.8, 4) is 0 Å². The molecule has 32 heavy (non-hydrogen) atoms. The third-order valence-electron chi connectivity index (χ3n) is 4.92. The van der Waals surface area contributed by atoms with Crippen LogP contribution in [-0.2, 0) is 9.59 Å². The SMILES string of the molecule is CN(C)c1ccc(/C=C/C(=O)C(C(=O)/C=C/c2ccc(N(C)C)cc2)=C2SCCS2)cc1. The van der Waals surface area contributed by atoms with Gasteiger partial charge in [-0.05, 0) is 47.5 Å². The van der Waals surface area contributed by atoms with Gasteiger partial charge in [-0.3, -0.25) is 9.59 Å². The number of allylic oxidation sites excluding steroid dienone is 3. The van der Waals surface area contributed by atoms with Gasteiger partial charge in [0, 0.05) is 51.1 Å². The van der Waals surface area contributed by atoms with E-state index in [0.717, 1.165) is 38.2 Å². The van der Waals surface area contributed by atoms with Gasteiger partial charge in [-0.2, -0.15) is 0 Å². The first-order valence-corrected chi connectivity index (χ1v) is 12.3. The third kappa shape index (κ3) is 6.40. The molecule has 0 aliphatic carbocycles. The number of nitrogens with zero attached hydrogens (tertiary/aromatic N) is 2. The van der Waals surface area contributed by atoms with Crippen LogP contribution in [0.25, 0.3) is 12.2 Å². The molecule has 2 aromatic rings. The van der Waals surface area contributed by atoms with Crippen LogP contribution in [0.15, 0.2) is 70.5 Å². The van der Waals surface area contributed by atoms with Gasteiger partial charge >= 0.3 is 0 Å². The lowest BCUT2D eigenvalue weighted by Gasteiger charge is -2.11. The molecule has 1 heterocycles. The van der Waals surface area contributed by atoms with Crippen molar-refractivity contribution in [2.75, 3.05) is 49.5 Å². The number of ketones is 2. The number of carbonyl (C=O) groups is 2. The molecule has 0 unspecified atom stereocenters. The summed E-state index contributed by atoms with van der Waals surface area (Å²) in [7, 11) is 7.94. The van der Waals surface area contributed by atoms with E-state index in [4.69, 9.17) is 0 Å². The van der Waals surface area contributed by atoms with E-state index in [1.165, 1.54) is 12.2 Å². The second kappa shape index (κ2) is 11.2. The molecule has 0 atom stereocenters. The molecule has 2 aromatic carbocycles. The average molecular weight is 465 g/mol. The maximum Gasteiger partial charge on any atom is 0.191 e. The summed E-state index contributed by atoms with van der Waals surface area (Å²) in [5, 5.41) is 0. The summed E-state index contributed by atoms with van der Waals surface area (Å²) in [5.74, 6) is 1.32. The Labute approximate surface area is 199 Å². The lowest BCUT2D eigenvalue weighted by atomic mass is 10.1. The predicted molar refractivity (Wildman–Crippen MR) is 142 cm³/mol. The van der Waals surface area contributed by atoms with E-state index < -0.39 is 0 Å². The molecule has 0 aromatic heterocycles. The first-order valence-electron chi connectivity index (χ1n) is 10.3. The Morgan fingerprint density at radius 3 is 1.41 bits per heavy atom. The fraction of sp³-hybridized carbons (Fsp3) is 0.231. The minimum atomic E-state index is -0.254. The van der Waals surface area contributed by atoms with E-state index in [2.05, 4.69) is 0 Å². The standard InChI is InChI=1S/C26H28N2O2S2/c1-27(2)21-11-5-19(6-12-21)9-15-23(29)25(26-31-17-18-32-26)24(30)16-10-20-7-13-22(14-8-20)28(3)4/h5-16H,17-18H2,1-4H3/b15-9+,16-10+. The molecule has 166 valence electrons. The zero-order valence-corrected chi connectivity index (χ0v) is 20.5. The summed E-state index contributed by atoms with van der Waals surface area (Å²) in [6.07, 6.45) is 6.54. The molecule has 0 N–H and O–H groups in total. The van der Waals surface area contributed by atoms with Crippen LogP contribution in [0.2, 0.25) is 0 Å². The van der Waals surface area contributed by atoms with Crippen LogP contribution >= 0.6 is 23.5 Å². The second-order valence-electron chi connectivity index (χ2n) is 7.73. The Balaban J connectivity index is 1.78. The molecule has 0 saturated carbocycles. The van der Waals surface area contributed by atoms with Crippen molar-refractivity contribution < 1.29 is 9.59 Å². The zero-order valence-electron chi connectivity index (χ0n) is 18.9. The molecule has 0 amide bonds. The third-order valence-corrected chi connectivity index (χ3v) is 7.63. The van der Waals surface area contributed by atoms with E-state index in [9.17, 15) is 9.59 Å². The summed E-state index contributed by atoms with van der Waals surface area (Å²) < 4.78 is 0.820. The lowest BCUT2D eigenvalue weighted by molar-refractivity contribution is -0.116. The molecular weight excluding hydrogens is 436 g/mol. The number of rotatable bonds is 8. The molecule has 1 saturated heterocycles. The molecule has 0 bridgehead atoms. The van der Waals surface area contributed by atoms with Gasteiger partial charge < -0.3 is 9.80 Å². The normalized spacial score (nSPS) is 13.7. The van der Waals surface area contributed by atoms with Crippen LogP contribution in [0, 0.1) is 0 Å². The highest BCUT2D eigenvalue weighted by Crippen LogP contribution is 2.39. The Morgan fingerprint density at radius 2 is 1.06 bits per heavy atom. The van der Waals surface area contributed by atoms with Gasteiger partial charge in [-0.15, -0.1) is 23.5 Å². The number of thioether (sulfide) groups is 2. The van der Waals surface area contributed by atoms with Crippen LogP contribution in [0.5, 0.6) is 0 Å². The van der Waals surface area contributed by atoms with Crippen LogP contribution in [0.1, 0.15) is 11.1 Å².